The molecule has 1 N–H and O–H groups in total. The van der Waals surface area contributed by atoms with Gasteiger partial charge >= 0.3 is 5.97 Å². The summed E-state index contributed by atoms with van der Waals surface area (Å²) in [6.45, 7) is 0.129. The van der Waals surface area contributed by atoms with Crippen LogP contribution in [-0.2, 0) is 11.2 Å². The smallest absolute Gasteiger partial charge is 0.336 e. The number of hydrogen-bond donors (Lipinski definition) is 1. The van der Waals surface area contributed by atoms with E-state index in [2.05, 4.69) is 8.75 Å². The maximum Gasteiger partial charge on any atom is 0.336 e. The maximum atomic E-state index is 13.7. The van der Waals surface area contributed by atoms with Gasteiger partial charge in [-0.2, -0.15) is 8.75 Å². The maximum absolute atomic E-state index is 13.7. The Kier molecular flexibility index (Phi) is 6.04. The van der Waals surface area contributed by atoms with Gasteiger partial charge < -0.3 is 14.6 Å². The highest BCUT2D eigenvalue weighted by Gasteiger charge is 2.25. The number of ether oxygens (including phenoxy) is 2. The Balaban J connectivity index is 1.65. The van der Waals surface area contributed by atoms with Gasteiger partial charge in [0, 0.05) is 22.5 Å². The molecule has 2 heterocycles. The Morgan fingerprint density at radius 2 is 1.68 bits per heavy atom. The number of ketones is 1. The number of rotatable bonds is 7. The van der Waals surface area contributed by atoms with Crippen molar-refractivity contribution in [2.45, 2.75) is 11.3 Å². The molecule has 0 radical (unpaired) electrons. The number of carbonyl (C=O) groups excluding carboxylic acids is 1. The highest BCUT2D eigenvalue weighted by Crippen LogP contribution is 2.35. The summed E-state index contributed by atoms with van der Waals surface area (Å²) in [6, 6.07) is 17.5. The third kappa shape index (κ3) is 4.27. The minimum atomic E-state index is -1.19. The molecule has 9 heteroatoms. The first-order valence-electron chi connectivity index (χ1n) is 10.3. The van der Waals surface area contributed by atoms with Crippen molar-refractivity contribution in [2.24, 2.45) is 0 Å². The molecular weight excluding hydrogens is 472 g/mol. The fourth-order valence-corrected chi connectivity index (χ4v) is 4.74. The van der Waals surface area contributed by atoms with E-state index in [9.17, 15) is 14.7 Å². The molecule has 0 aliphatic carbocycles. The van der Waals surface area contributed by atoms with Gasteiger partial charge in [-0.15, -0.1) is 11.8 Å². The standard InChI is InChI=1S/C25H18N2O5S2/c1-33-17-6-3-15(4-7-17)24(28)18(10-14-2-9-21-22(11-14)32-13-31-21)23(25(29)30)16-5-8-19-20(12-16)27-34-26-19/h2-9,11-12H,10,13H2,1H3,(H,29,30). The molecule has 0 unspecified atom stereocenters. The van der Waals surface area contributed by atoms with Crippen molar-refractivity contribution < 1.29 is 24.2 Å². The largest absolute Gasteiger partial charge is 0.478 e. The van der Waals surface area contributed by atoms with Crippen LogP contribution in [0, 0.1) is 0 Å². The number of carboxylic acid groups (broad SMARTS) is 1. The van der Waals surface area contributed by atoms with Gasteiger partial charge in [-0.25, -0.2) is 4.79 Å². The number of allylic oxidation sites excluding steroid dienone is 1. The van der Waals surface area contributed by atoms with Gasteiger partial charge in [0.25, 0.3) is 0 Å². The summed E-state index contributed by atoms with van der Waals surface area (Å²) in [6.07, 6.45) is 2.06. The van der Waals surface area contributed by atoms with E-state index in [1.165, 1.54) is 0 Å². The molecule has 7 nitrogen and oxygen atoms in total. The Labute approximate surface area is 203 Å². The van der Waals surface area contributed by atoms with E-state index in [1.54, 1.807) is 54.2 Å². The van der Waals surface area contributed by atoms with Gasteiger partial charge in [-0.05, 0) is 65.9 Å². The molecule has 1 aliphatic rings. The van der Waals surface area contributed by atoms with Crippen LogP contribution in [0.15, 0.2) is 71.1 Å². The molecule has 4 aromatic rings. The molecule has 0 bridgehead atoms. The summed E-state index contributed by atoms with van der Waals surface area (Å²) in [5, 5.41) is 10.2. The van der Waals surface area contributed by atoms with E-state index in [1.807, 2.05) is 24.5 Å². The van der Waals surface area contributed by atoms with Crippen LogP contribution >= 0.6 is 23.5 Å². The molecule has 0 amide bonds. The van der Waals surface area contributed by atoms with Crippen LogP contribution in [0.2, 0.25) is 0 Å². The Morgan fingerprint density at radius 1 is 0.941 bits per heavy atom. The third-order valence-electron chi connectivity index (χ3n) is 5.50. The highest BCUT2D eigenvalue weighted by molar-refractivity contribution is 7.98. The van der Waals surface area contributed by atoms with E-state index in [4.69, 9.17) is 9.47 Å². The van der Waals surface area contributed by atoms with Gasteiger partial charge in [0.1, 0.15) is 11.0 Å². The van der Waals surface area contributed by atoms with E-state index in [0.29, 0.717) is 33.7 Å². The summed E-state index contributed by atoms with van der Waals surface area (Å²) in [5.41, 5.74) is 2.93. The van der Waals surface area contributed by atoms with E-state index in [-0.39, 0.29) is 30.1 Å². The second kappa shape index (κ2) is 9.28. The number of nitrogens with zero attached hydrogens (tertiary/aromatic N) is 2. The second-order valence-corrected chi connectivity index (χ2v) is 8.96. The van der Waals surface area contributed by atoms with Gasteiger partial charge in [0.2, 0.25) is 6.79 Å². The molecule has 0 saturated heterocycles. The number of thioether (sulfide) groups is 1. The monoisotopic (exact) mass is 490 g/mol. The van der Waals surface area contributed by atoms with Crippen molar-refractivity contribution >= 4 is 51.8 Å². The average molecular weight is 491 g/mol. The topological polar surface area (TPSA) is 98.6 Å². The zero-order valence-electron chi connectivity index (χ0n) is 18.0. The number of carboxylic acids is 1. The minimum absolute atomic E-state index is 0.0634. The van der Waals surface area contributed by atoms with Crippen LogP contribution in [0.25, 0.3) is 16.6 Å². The van der Waals surface area contributed by atoms with Crippen molar-refractivity contribution in [3.8, 4) is 11.5 Å². The number of hydrogen-bond acceptors (Lipinski definition) is 8. The van der Waals surface area contributed by atoms with Crippen molar-refractivity contribution in [2.75, 3.05) is 13.0 Å². The third-order valence-corrected chi connectivity index (χ3v) is 6.80. The molecule has 170 valence electrons. The molecular formula is C25H18N2O5S2. The molecule has 0 spiro atoms. The zero-order valence-corrected chi connectivity index (χ0v) is 19.6. The molecule has 5 rings (SSSR count). The lowest BCUT2D eigenvalue weighted by atomic mass is 9.89. The Bertz CT molecular complexity index is 1440. The average Bonchev–Trinajstić information content (AvgIpc) is 3.51. The summed E-state index contributed by atoms with van der Waals surface area (Å²) in [5.74, 6) is -0.347. The molecule has 1 aliphatic heterocycles. The van der Waals surface area contributed by atoms with Gasteiger partial charge in [0.05, 0.1) is 17.3 Å². The molecule has 1 aromatic heterocycles. The normalized spacial score (nSPS) is 13.1. The number of aliphatic carboxylic acids is 1. The Hall–Kier alpha value is -3.69. The first kappa shape index (κ1) is 22.1. The number of aromatic nitrogens is 2. The quantitative estimate of drug-likeness (QED) is 0.217. The Morgan fingerprint density at radius 3 is 2.44 bits per heavy atom. The number of carbonyl (C=O) groups is 2. The molecule has 3 aromatic carbocycles. The van der Waals surface area contributed by atoms with Gasteiger partial charge in [-0.1, -0.05) is 12.1 Å². The number of benzene rings is 3. The predicted octanol–water partition coefficient (Wildman–Crippen LogP) is 5.11. The number of fused-ring (bicyclic) bond motifs is 2. The van der Waals surface area contributed by atoms with Crippen molar-refractivity contribution in [3.05, 3.63) is 82.9 Å². The lowest BCUT2D eigenvalue weighted by Gasteiger charge is -2.14. The first-order valence-corrected chi connectivity index (χ1v) is 12.3. The summed E-state index contributed by atoms with van der Waals surface area (Å²) < 4.78 is 19.2. The minimum Gasteiger partial charge on any atom is -0.478 e. The van der Waals surface area contributed by atoms with Crippen LogP contribution in [0.1, 0.15) is 21.5 Å². The first-order chi connectivity index (χ1) is 16.5. The molecule has 34 heavy (non-hydrogen) atoms. The molecule has 0 saturated carbocycles. The second-order valence-electron chi connectivity index (χ2n) is 7.55. The van der Waals surface area contributed by atoms with Gasteiger partial charge in [-0.3, -0.25) is 4.79 Å². The van der Waals surface area contributed by atoms with Crippen molar-refractivity contribution in [1.29, 1.82) is 0 Å². The zero-order chi connectivity index (χ0) is 23.7. The predicted molar refractivity (Wildman–Crippen MR) is 131 cm³/mol. The lowest BCUT2D eigenvalue weighted by molar-refractivity contribution is -0.130. The van der Waals surface area contributed by atoms with Crippen LogP contribution in [0.5, 0.6) is 11.5 Å². The highest BCUT2D eigenvalue weighted by atomic mass is 32.2. The molecule has 0 atom stereocenters. The van der Waals surface area contributed by atoms with Crippen LogP contribution < -0.4 is 9.47 Å². The van der Waals surface area contributed by atoms with E-state index < -0.39 is 5.97 Å². The van der Waals surface area contributed by atoms with Crippen LogP contribution in [-0.4, -0.2) is 38.7 Å². The van der Waals surface area contributed by atoms with Crippen molar-refractivity contribution in [1.82, 2.24) is 8.75 Å². The van der Waals surface area contributed by atoms with Crippen LogP contribution in [0.3, 0.4) is 0 Å². The van der Waals surface area contributed by atoms with E-state index in [0.717, 1.165) is 22.2 Å². The van der Waals surface area contributed by atoms with Crippen LogP contribution in [0.4, 0.5) is 0 Å². The van der Waals surface area contributed by atoms with Gasteiger partial charge in [0.15, 0.2) is 17.3 Å². The molecule has 0 fully saturated rings. The van der Waals surface area contributed by atoms with Crippen molar-refractivity contribution in [3.63, 3.8) is 0 Å². The fourth-order valence-electron chi connectivity index (χ4n) is 3.82. The lowest BCUT2D eigenvalue weighted by Crippen LogP contribution is -2.14. The summed E-state index contributed by atoms with van der Waals surface area (Å²) in [4.78, 5) is 27.3. The van der Waals surface area contributed by atoms with E-state index >= 15 is 0 Å². The summed E-state index contributed by atoms with van der Waals surface area (Å²) in [7, 11) is 0. The SMILES string of the molecule is CSc1ccc(C(=O)C(Cc2ccc3c(c2)OCO3)=C(C(=O)O)c2ccc3nsnc3c2)cc1. The number of Topliss-reactive ketones (excluding diaryl/α,β-unsaturated/α-hetero) is 1. The fraction of sp³-hybridized carbons (Fsp3) is 0.120. The summed E-state index contributed by atoms with van der Waals surface area (Å²) >= 11 is 2.62.